The van der Waals surface area contributed by atoms with E-state index >= 15 is 0 Å². The van der Waals surface area contributed by atoms with Crippen molar-refractivity contribution >= 4 is 0 Å². The van der Waals surface area contributed by atoms with Gasteiger partial charge in [-0.25, -0.2) is 0 Å². The highest BCUT2D eigenvalue weighted by atomic mass is 16.5. The Morgan fingerprint density at radius 1 is 0.483 bits per heavy atom. The first-order chi connectivity index (χ1) is 13.1. The normalized spacial score (nSPS) is 14.5. The molecule has 176 valence electrons. The zero-order valence-electron chi connectivity index (χ0n) is 20.7. The molecule has 29 heavy (non-hydrogen) atoms. The molecule has 6 nitrogen and oxygen atoms in total. The molecule has 0 aromatic rings. The van der Waals surface area contributed by atoms with Crippen molar-refractivity contribution in [3.05, 3.63) is 0 Å². The van der Waals surface area contributed by atoms with E-state index in [4.69, 9.17) is 18.9 Å². The molecule has 0 aliphatic carbocycles. The van der Waals surface area contributed by atoms with E-state index < -0.39 is 16.6 Å². The molecule has 0 amide bonds. The number of hydrogen-bond donors (Lipinski definition) is 2. The number of hydrogen-bond acceptors (Lipinski definition) is 6. The molecule has 0 aromatic carbocycles. The minimum absolute atomic E-state index is 0.0886. The molecule has 6 heteroatoms. The molecule has 0 spiro atoms. The number of rotatable bonds is 16. The lowest BCUT2D eigenvalue weighted by molar-refractivity contribution is -0.196. The summed E-state index contributed by atoms with van der Waals surface area (Å²) in [5.74, 6) is 0. The SMILES string of the molecule is CCC(C)(C)OCC(COC(C)(C)CC)(COC(C)(C)CO)COC(C)(C)CO. The van der Waals surface area contributed by atoms with Crippen molar-refractivity contribution < 1.29 is 29.2 Å². The second-order valence-electron chi connectivity index (χ2n) is 10.7. The minimum Gasteiger partial charge on any atom is -0.393 e. The van der Waals surface area contributed by atoms with Crippen LogP contribution < -0.4 is 0 Å². The number of ether oxygens (including phenoxy) is 4. The highest BCUT2D eigenvalue weighted by Gasteiger charge is 2.39. The van der Waals surface area contributed by atoms with Crippen LogP contribution in [0.1, 0.15) is 82.1 Å². The maximum Gasteiger partial charge on any atom is 0.0856 e. The summed E-state index contributed by atoms with van der Waals surface area (Å²) < 4.78 is 24.7. The van der Waals surface area contributed by atoms with E-state index in [0.717, 1.165) is 12.8 Å². The molecular formula is C23H48O6. The van der Waals surface area contributed by atoms with E-state index in [1.165, 1.54) is 0 Å². The van der Waals surface area contributed by atoms with Crippen molar-refractivity contribution in [1.29, 1.82) is 0 Å². The predicted molar refractivity (Wildman–Crippen MR) is 117 cm³/mol. The van der Waals surface area contributed by atoms with Gasteiger partial charge >= 0.3 is 0 Å². The molecule has 0 bridgehead atoms. The second kappa shape index (κ2) is 11.4. The molecule has 0 fully saturated rings. The summed E-state index contributed by atoms with van der Waals surface area (Å²) in [6.07, 6.45) is 1.74. The van der Waals surface area contributed by atoms with Crippen LogP contribution in [-0.4, -0.2) is 72.3 Å². The predicted octanol–water partition coefficient (Wildman–Crippen LogP) is 3.96. The van der Waals surface area contributed by atoms with Crippen LogP contribution in [0.4, 0.5) is 0 Å². The van der Waals surface area contributed by atoms with Gasteiger partial charge in [0.1, 0.15) is 0 Å². The van der Waals surface area contributed by atoms with E-state index in [2.05, 4.69) is 41.5 Å². The Morgan fingerprint density at radius 3 is 0.931 bits per heavy atom. The van der Waals surface area contributed by atoms with E-state index in [1.54, 1.807) is 0 Å². The highest BCUT2D eigenvalue weighted by molar-refractivity contribution is 4.85. The zero-order chi connectivity index (χ0) is 23.0. The van der Waals surface area contributed by atoms with E-state index in [0.29, 0.717) is 26.4 Å². The number of aliphatic hydroxyl groups excluding tert-OH is 2. The first-order valence-corrected chi connectivity index (χ1v) is 10.8. The third kappa shape index (κ3) is 11.7. The Hall–Kier alpha value is -0.240. The van der Waals surface area contributed by atoms with Gasteiger partial charge in [-0.2, -0.15) is 0 Å². The van der Waals surface area contributed by atoms with Crippen LogP contribution in [0.15, 0.2) is 0 Å². The van der Waals surface area contributed by atoms with Gasteiger partial charge in [0.15, 0.2) is 0 Å². The van der Waals surface area contributed by atoms with Gasteiger partial charge in [-0.3, -0.25) is 0 Å². The molecule has 0 radical (unpaired) electrons. The summed E-state index contributed by atoms with van der Waals surface area (Å²) in [5, 5.41) is 19.3. The third-order valence-corrected chi connectivity index (χ3v) is 5.54. The van der Waals surface area contributed by atoms with Crippen LogP contribution in [0.2, 0.25) is 0 Å². The van der Waals surface area contributed by atoms with E-state index in [1.807, 2.05) is 27.7 Å². The monoisotopic (exact) mass is 420 g/mol. The van der Waals surface area contributed by atoms with Gasteiger partial charge in [-0.1, -0.05) is 13.8 Å². The topological polar surface area (TPSA) is 77.4 Å². The summed E-state index contributed by atoms with van der Waals surface area (Å²) in [5.41, 5.74) is -2.52. The fourth-order valence-electron chi connectivity index (χ4n) is 1.94. The Morgan fingerprint density at radius 2 is 0.724 bits per heavy atom. The first-order valence-electron chi connectivity index (χ1n) is 10.8. The average molecular weight is 421 g/mol. The summed E-state index contributed by atoms with van der Waals surface area (Å²) >= 11 is 0. The van der Waals surface area contributed by atoms with Gasteiger partial charge in [0.2, 0.25) is 0 Å². The maximum atomic E-state index is 9.63. The molecule has 0 aliphatic rings. The van der Waals surface area contributed by atoms with Crippen molar-refractivity contribution in [3.8, 4) is 0 Å². The molecule has 0 atom stereocenters. The fraction of sp³-hybridized carbons (Fsp3) is 1.00. The fourth-order valence-corrected chi connectivity index (χ4v) is 1.94. The average Bonchev–Trinajstić information content (AvgIpc) is 2.67. The van der Waals surface area contributed by atoms with E-state index in [-0.39, 0.29) is 24.4 Å². The zero-order valence-corrected chi connectivity index (χ0v) is 20.7. The Labute approximate surface area is 179 Å². The van der Waals surface area contributed by atoms with Gasteiger partial charge in [0, 0.05) is 0 Å². The smallest absolute Gasteiger partial charge is 0.0856 e. The third-order valence-electron chi connectivity index (χ3n) is 5.54. The van der Waals surface area contributed by atoms with Crippen molar-refractivity contribution in [2.45, 2.75) is 104 Å². The standard InChI is InChI=1S/C23H48O6/c1-11-19(3,4)26-15-23(16-27-20(5,6)12-2,17-28-21(7,8)13-24)18-29-22(9,10)14-25/h24-25H,11-18H2,1-10H3. The summed E-state index contributed by atoms with van der Waals surface area (Å²) in [6.45, 7) is 21.0. The molecule has 2 N–H and O–H groups in total. The van der Waals surface area contributed by atoms with Gasteiger partial charge in [0.05, 0.1) is 67.5 Å². The summed E-state index contributed by atoms with van der Waals surface area (Å²) in [6, 6.07) is 0. The van der Waals surface area contributed by atoms with Crippen molar-refractivity contribution in [2.75, 3.05) is 39.6 Å². The number of aliphatic hydroxyl groups is 2. The largest absolute Gasteiger partial charge is 0.393 e. The highest BCUT2D eigenvalue weighted by Crippen LogP contribution is 2.30. The van der Waals surface area contributed by atoms with Crippen LogP contribution in [0.3, 0.4) is 0 Å². The molecule has 0 saturated carbocycles. The second-order valence-corrected chi connectivity index (χ2v) is 10.7. The van der Waals surface area contributed by atoms with Crippen LogP contribution in [0.25, 0.3) is 0 Å². The van der Waals surface area contributed by atoms with Crippen LogP contribution in [-0.2, 0) is 18.9 Å². The molecule has 0 rings (SSSR count). The Balaban J connectivity index is 5.72. The quantitative estimate of drug-likeness (QED) is 0.394. The lowest BCUT2D eigenvalue weighted by Crippen LogP contribution is -2.49. The minimum atomic E-state index is -0.682. The molecule has 0 heterocycles. The van der Waals surface area contributed by atoms with Crippen LogP contribution in [0.5, 0.6) is 0 Å². The molecule has 0 saturated heterocycles. The molecular weight excluding hydrogens is 372 g/mol. The summed E-state index contributed by atoms with van der Waals surface area (Å²) in [4.78, 5) is 0. The van der Waals surface area contributed by atoms with Crippen LogP contribution >= 0.6 is 0 Å². The van der Waals surface area contributed by atoms with Gasteiger partial charge < -0.3 is 29.2 Å². The van der Waals surface area contributed by atoms with Gasteiger partial charge in [-0.15, -0.1) is 0 Å². The molecule has 0 aliphatic heterocycles. The van der Waals surface area contributed by atoms with Crippen molar-refractivity contribution in [3.63, 3.8) is 0 Å². The van der Waals surface area contributed by atoms with Crippen molar-refractivity contribution in [1.82, 2.24) is 0 Å². The van der Waals surface area contributed by atoms with Crippen LogP contribution in [0, 0.1) is 5.41 Å². The maximum absolute atomic E-state index is 9.63. The first kappa shape index (κ1) is 28.8. The van der Waals surface area contributed by atoms with Gasteiger partial charge in [-0.05, 0) is 68.2 Å². The van der Waals surface area contributed by atoms with E-state index in [9.17, 15) is 10.2 Å². The van der Waals surface area contributed by atoms with Crippen molar-refractivity contribution in [2.24, 2.45) is 5.41 Å². The lowest BCUT2D eigenvalue weighted by Gasteiger charge is -2.41. The molecule has 0 aromatic heterocycles. The summed E-state index contributed by atoms with van der Waals surface area (Å²) in [7, 11) is 0. The van der Waals surface area contributed by atoms with Gasteiger partial charge in [0.25, 0.3) is 0 Å². The molecule has 0 unspecified atom stereocenters. The Bertz CT molecular complexity index is 371. The lowest BCUT2D eigenvalue weighted by atomic mass is 9.90. The Kier molecular flexibility index (Phi) is 11.3.